The second-order valence-electron chi connectivity index (χ2n) is 3.55. The summed E-state index contributed by atoms with van der Waals surface area (Å²) in [7, 11) is 0. The van der Waals surface area contributed by atoms with E-state index >= 15 is 0 Å². The third-order valence-corrected chi connectivity index (χ3v) is 2.68. The van der Waals surface area contributed by atoms with E-state index in [2.05, 4.69) is 23.5 Å². The summed E-state index contributed by atoms with van der Waals surface area (Å²) >= 11 is 0. The molecule has 1 aromatic rings. The molecule has 0 fully saturated rings. The highest BCUT2D eigenvalue weighted by Crippen LogP contribution is 2.25. The molecule has 1 atom stereocenters. The number of rotatable bonds is 2. The minimum absolute atomic E-state index is 0.284. The molecule has 2 rings (SSSR count). The van der Waals surface area contributed by atoms with Gasteiger partial charge in [-0.2, -0.15) is 0 Å². The molecular weight excluding hydrogens is 177 g/mol. The Morgan fingerprint density at radius 2 is 2.29 bits per heavy atom. The van der Waals surface area contributed by atoms with Crippen molar-refractivity contribution in [2.24, 2.45) is 0 Å². The van der Waals surface area contributed by atoms with Crippen LogP contribution < -0.4 is 5.32 Å². The van der Waals surface area contributed by atoms with Crippen LogP contribution in [-0.4, -0.2) is 6.54 Å². The Morgan fingerprint density at radius 3 is 3.14 bits per heavy atom. The lowest BCUT2D eigenvalue weighted by Crippen LogP contribution is -2.29. The van der Waals surface area contributed by atoms with Crippen LogP contribution in [0.5, 0.6) is 0 Å². The van der Waals surface area contributed by atoms with Gasteiger partial charge < -0.3 is 5.32 Å². The number of benzene rings is 1. The summed E-state index contributed by atoms with van der Waals surface area (Å²) in [5.41, 5.74) is 2.71. The van der Waals surface area contributed by atoms with Gasteiger partial charge in [-0.3, -0.25) is 0 Å². The standard InChI is InChI=1S/C12H14FN/c13-8-3-6-12-11-5-2-1-4-10(11)7-9-14-12/h1-5,8,12,14H,6-7,9H2. The Bertz CT molecular complexity index is 333. The Hall–Kier alpha value is -1.15. The molecule has 0 saturated carbocycles. The summed E-state index contributed by atoms with van der Waals surface area (Å²) in [6.07, 6.45) is 4.00. The molecule has 1 aliphatic rings. The van der Waals surface area contributed by atoms with E-state index < -0.39 is 0 Å². The van der Waals surface area contributed by atoms with E-state index in [0.29, 0.717) is 6.33 Å². The van der Waals surface area contributed by atoms with Gasteiger partial charge in [-0.05, 0) is 30.5 Å². The number of hydrogen-bond acceptors (Lipinski definition) is 1. The molecule has 2 heteroatoms. The van der Waals surface area contributed by atoms with Crippen molar-refractivity contribution in [2.75, 3.05) is 6.54 Å². The van der Waals surface area contributed by atoms with Crippen molar-refractivity contribution in [3.8, 4) is 0 Å². The molecule has 1 aliphatic heterocycles. The molecule has 0 aromatic heterocycles. The average molecular weight is 191 g/mol. The topological polar surface area (TPSA) is 12.0 Å². The van der Waals surface area contributed by atoms with E-state index in [1.165, 1.54) is 11.1 Å². The quantitative estimate of drug-likeness (QED) is 0.758. The molecular formula is C12H14FN. The Kier molecular flexibility index (Phi) is 2.94. The predicted octanol–water partition coefficient (Wildman–Crippen LogP) is 2.75. The van der Waals surface area contributed by atoms with Crippen LogP contribution in [0.1, 0.15) is 23.6 Å². The van der Waals surface area contributed by atoms with Crippen LogP contribution in [0.3, 0.4) is 0 Å². The number of hydrogen-bond donors (Lipinski definition) is 1. The average Bonchev–Trinajstić information content (AvgIpc) is 2.26. The molecule has 74 valence electrons. The molecule has 14 heavy (non-hydrogen) atoms. The lowest BCUT2D eigenvalue weighted by molar-refractivity contribution is 0.507. The highest BCUT2D eigenvalue weighted by Gasteiger charge is 2.17. The molecule has 1 heterocycles. The summed E-state index contributed by atoms with van der Waals surface area (Å²) in [4.78, 5) is 0. The minimum atomic E-state index is 0.284. The summed E-state index contributed by atoms with van der Waals surface area (Å²) < 4.78 is 11.9. The molecule has 1 unspecified atom stereocenters. The van der Waals surface area contributed by atoms with Gasteiger partial charge in [0.25, 0.3) is 0 Å². The van der Waals surface area contributed by atoms with E-state index in [9.17, 15) is 4.39 Å². The van der Waals surface area contributed by atoms with Crippen LogP contribution in [0.15, 0.2) is 36.7 Å². The van der Waals surface area contributed by atoms with Crippen LogP contribution in [-0.2, 0) is 6.42 Å². The van der Waals surface area contributed by atoms with Gasteiger partial charge >= 0.3 is 0 Å². The van der Waals surface area contributed by atoms with E-state index in [-0.39, 0.29) is 6.04 Å². The highest BCUT2D eigenvalue weighted by molar-refractivity contribution is 5.32. The first-order valence-electron chi connectivity index (χ1n) is 4.98. The maximum Gasteiger partial charge on any atom is 0.0827 e. The van der Waals surface area contributed by atoms with Crippen LogP contribution >= 0.6 is 0 Å². The summed E-state index contributed by atoms with van der Waals surface area (Å²) in [6, 6.07) is 8.66. The van der Waals surface area contributed by atoms with Crippen LogP contribution in [0.25, 0.3) is 0 Å². The van der Waals surface area contributed by atoms with Crippen molar-refractivity contribution in [1.29, 1.82) is 0 Å². The summed E-state index contributed by atoms with van der Waals surface area (Å²) in [5, 5.41) is 3.39. The molecule has 0 saturated heterocycles. The number of nitrogens with one attached hydrogen (secondary N) is 1. The SMILES string of the molecule is FC=CCC1NCCc2ccccc21. The normalized spacial score (nSPS) is 21.1. The number of halogens is 1. The lowest BCUT2D eigenvalue weighted by Gasteiger charge is -2.25. The van der Waals surface area contributed by atoms with Gasteiger partial charge in [0.05, 0.1) is 6.33 Å². The molecule has 0 aliphatic carbocycles. The molecule has 1 nitrogen and oxygen atoms in total. The van der Waals surface area contributed by atoms with Gasteiger partial charge in [-0.1, -0.05) is 30.3 Å². The first-order valence-corrected chi connectivity index (χ1v) is 4.98. The van der Waals surface area contributed by atoms with Gasteiger partial charge in [0.2, 0.25) is 0 Å². The third-order valence-electron chi connectivity index (χ3n) is 2.68. The Labute approximate surface area is 83.6 Å². The van der Waals surface area contributed by atoms with Crippen molar-refractivity contribution >= 4 is 0 Å². The molecule has 0 amide bonds. The van der Waals surface area contributed by atoms with Gasteiger partial charge in [0, 0.05) is 6.04 Å². The van der Waals surface area contributed by atoms with Gasteiger partial charge in [-0.15, -0.1) is 0 Å². The second-order valence-corrected chi connectivity index (χ2v) is 3.55. The van der Waals surface area contributed by atoms with Crippen molar-refractivity contribution in [2.45, 2.75) is 18.9 Å². The van der Waals surface area contributed by atoms with Crippen molar-refractivity contribution in [3.63, 3.8) is 0 Å². The minimum Gasteiger partial charge on any atom is -0.309 e. The summed E-state index contributed by atoms with van der Waals surface area (Å²) in [6.45, 7) is 0.988. The van der Waals surface area contributed by atoms with Gasteiger partial charge in [-0.25, -0.2) is 4.39 Å². The molecule has 0 spiro atoms. The number of fused-ring (bicyclic) bond motifs is 1. The fourth-order valence-electron chi connectivity index (χ4n) is 1.99. The maximum atomic E-state index is 11.9. The summed E-state index contributed by atoms with van der Waals surface area (Å²) in [5.74, 6) is 0. The lowest BCUT2D eigenvalue weighted by atomic mass is 9.93. The van der Waals surface area contributed by atoms with Crippen molar-refractivity contribution in [1.82, 2.24) is 5.32 Å². The fraction of sp³-hybridized carbons (Fsp3) is 0.333. The molecule has 1 N–H and O–H groups in total. The van der Waals surface area contributed by atoms with Crippen molar-refractivity contribution in [3.05, 3.63) is 47.8 Å². The smallest absolute Gasteiger partial charge is 0.0827 e. The van der Waals surface area contributed by atoms with Gasteiger partial charge in [0.15, 0.2) is 0 Å². The fourth-order valence-corrected chi connectivity index (χ4v) is 1.99. The zero-order valence-electron chi connectivity index (χ0n) is 8.04. The zero-order valence-corrected chi connectivity index (χ0v) is 8.04. The van der Waals surface area contributed by atoms with Crippen LogP contribution in [0.4, 0.5) is 4.39 Å². The Balaban J connectivity index is 2.22. The molecule has 0 radical (unpaired) electrons. The van der Waals surface area contributed by atoms with E-state index in [1.54, 1.807) is 6.08 Å². The second kappa shape index (κ2) is 4.38. The molecule has 0 bridgehead atoms. The van der Waals surface area contributed by atoms with Crippen LogP contribution in [0, 0.1) is 0 Å². The predicted molar refractivity (Wildman–Crippen MR) is 55.8 cm³/mol. The third kappa shape index (κ3) is 1.85. The molecule has 1 aromatic carbocycles. The van der Waals surface area contributed by atoms with E-state index in [1.807, 2.05) is 6.07 Å². The zero-order chi connectivity index (χ0) is 9.80. The van der Waals surface area contributed by atoms with Crippen molar-refractivity contribution < 1.29 is 4.39 Å². The largest absolute Gasteiger partial charge is 0.309 e. The van der Waals surface area contributed by atoms with E-state index in [4.69, 9.17) is 0 Å². The highest BCUT2D eigenvalue weighted by atomic mass is 19.1. The first kappa shape index (κ1) is 9.41. The monoisotopic (exact) mass is 191 g/mol. The first-order chi connectivity index (χ1) is 6.92. The van der Waals surface area contributed by atoms with E-state index in [0.717, 1.165) is 19.4 Å². The maximum absolute atomic E-state index is 11.9. The Morgan fingerprint density at radius 1 is 1.43 bits per heavy atom. The van der Waals surface area contributed by atoms with Gasteiger partial charge in [0.1, 0.15) is 0 Å². The van der Waals surface area contributed by atoms with Crippen LogP contribution in [0.2, 0.25) is 0 Å².